The van der Waals surface area contributed by atoms with E-state index in [-0.39, 0.29) is 26.5 Å². The fraction of sp³-hybridized carbons (Fsp3) is 0.0952. The number of rotatable bonds is 5. The molecule has 3 aromatic heterocycles. The van der Waals surface area contributed by atoms with Gasteiger partial charge in [-0.3, -0.25) is 0 Å². The predicted molar refractivity (Wildman–Crippen MR) is 193 cm³/mol. The van der Waals surface area contributed by atoms with Crippen LogP contribution in [0.4, 0.5) is 22.7 Å². The second-order valence-electron chi connectivity index (χ2n) is 13.1. The number of benzene rings is 5. The third-order valence-electron chi connectivity index (χ3n) is 8.95. The van der Waals surface area contributed by atoms with Gasteiger partial charge in [0.05, 0.1) is 6.26 Å². The fourth-order valence-corrected chi connectivity index (χ4v) is 6.50. The van der Waals surface area contributed by atoms with Gasteiger partial charge in [-0.2, -0.15) is 6.07 Å². The number of aromatic nitrogens is 2. The minimum absolute atomic E-state index is 0. The van der Waals surface area contributed by atoms with Crippen LogP contribution < -0.4 is 14.5 Å². The van der Waals surface area contributed by atoms with E-state index in [1.54, 1.807) is 6.26 Å². The maximum atomic E-state index is 6.65. The molecule has 8 aromatic rings. The molecule has 0 atom stereocenters. The summed E-state index contributed by atoms with van der Waals surface area (Å²) in [7, 11) is 0. The number of anilines is 4. The van der Waals surface area contributed by atoms with Gasteiger partial charge in [0, 0.05) is 72.8 Å². The average molecular weight is 819 g/mol. The number of furan rings is 1. The Morgan fingerprint density at radius 3 is 2.31 bits per heavy atom. The van der Waals surface area contributed by atoms with Gasteiger partial charge in [0.25, 0.3) is 0 Å². The molecule has 0 spiro atoms. The molecule has 1 aliphatic rings. The summed E-state index contributed by atoms with van der Waals surface area (Å²) >= 11 is 0. The van der Waals surface area contributed by atoms with Crippen LogP contribution in [0.15, 0.2) is 132 Å². The van der Waals surface area contributed by atoms with Crippen LogP contribution in [0.5, 0.6) is 11.5 Å². The normalized spacial score (nSPS) is 12.9. The molecule has 6 nitrogen and oxygen atoms in total. The second kappa shape index (κ2) is 12.0. The van der Waals surface area contributed by atoms with E-state index in [9.17, 15) is 0 Å². The van der Waals surface area contributed by atoms with E-state index >= 15 is 0 Å². The van der Waals surface area contributed by atoms with Gasteiger partial charge in [0.15, 0.2) is 0 Å². The molecule has 1 aliphatic heterocycles. The molecule has 0 amide bonds. The number of ether oxygens (including phenoxy) is 1. The molecule has 0 radical (unpaired) electrons. The van der Waals surface area contributed by atoms with Gasteiger partial charge in [-0.25, -0.2) is 4.98 Å². The topological polar surface area (TPSA) is 46.7 Å². The molecule has 4 heterocycles. The molecule has 5 aromatic carbocycles. The minimum Gasteiger partial charge on any atom is -0.509 e. The van der Waals surface area contributed by atoms with Crippen molar-refractivity contribution in [3.8, 4) is 17.3 Å². The maximum absolute atomic E-state index is 6.65. The van der Waals surface area contributed by atoms with Crippen LogP contribution in [0.2, 0.25) is 0 Å². The molecule has 0 aliphatic carbocycles. The van der Waals surface area contributed by atoms with E-state index < -0.39 is 0 Å². The van der Waals surface area contributed by atoms with Gasteiger partial charge in [0.2, 0.25) is 0 Å². The van der Waals surface area contributed by atoms with Gasteiger partial charge in [-0.15, -0.1) is 53.6 Å². The van der Waals surface area contributed by atoms with Crippen LogP contribution in [-0.2, 0) is 26.5 Å². The molecule has 9 rings (SSSR count). The van der Waals surface area contributed by atoms with Crippen LogP contribution in [-0.4, -0.2) is 9.55 Å². The quantitative estimate of drug-likeness (QED) is 0.162. The van der Waals surface area contributed by atoms with Gasteiger partial charge in [-0.1, -0.05) is 74.8 Å². The van der Waals surface area contributed by atoms with Crippen LogP contribution in [0.25, 0.3) is 38.6 Å². The number of hydrogen-bond acceptors (Lipinski definition) is 5. The van der Waals surface area contributed by atoms with E-state index in [0.29, 0.717) is 11.5 Å². The Bertz CT molecular complexity index is 2480. The molecule has 0 saturated heterocycles. The molecule has 0 saturated carbocycles. The van der Waals surface area contributed by atoms with E-state index in [0.717, 1.165) is 66.9 Å². The van der Waals surface area contributed by atoms with Gasteiger partial charge < -0.3 is 23.5 Å². The summed E-state index contributed by atoms with van der Waals surface area (Å²) < 4.78 is 14.5. The fourth-order valence-electron chi connectivity index (χ4n) is 6.50. The molecule has 49 heavy (non-hydrogen) atoms. The molecule has 7 heteroatoms. The smallest absolute Gasteiger partial charge is 0.139 e. The summed E-state index contributed by atoms with van der Waals surface area (Å²) in [6, 6.07) is 46.6. The zero-order chi connectivity index (χ0) is 32.4. The van der Waals surface area contributed by atoms with Crippen molar-refractivity contribution in [2.75, 3.05) is 9.80 Å². The molecule has 0 bridgehead atoms. The van der Waals surface area contributed by atoms with Crippen molar-refractivity contribution in [2.45, 2.75) is 26.2 Å². The summed E-state index contributed by atoms with van der Waals surface area (Å²) in [6.45, 7) is 8.77. The summed E-state index contributed by atoms with van der Waals surface area (Å²) in [5.74, 6) is 1.97. The van der Waals surface area contributed by atoms with E-state index in [1.807, 2.05) is 36.5 Å². The van der Waals surface area contributed by atoms with Crippen molar-refractivity contribution in [2.24, 2.45) is 0 Å². The standard InChI is InChI=1S/C42H31N4O2.Pt/c1-42(2,3)29-21-31(45-27-44(30-11-5-4-6-12-30)37-15-9-10-16-38(37)45)23-33(22-29)48-32-17-18-35-34-13-7-8-14-36(34)46(39(35)24-32)41-25-40-28(26-43-41)19-20-47-40;/h4-22,25-27H,1-3H3;/q-3;. The van der Waals surface area contributed by atoms with Crippen LogP contribution in [0.1, 0.15) is 26.3 Å². The van der Waals surface area contributed by atoms with E-state index in [4.69, 9.17) is 14.1 Å². The largest absolute Gasteiger partial charge is 0.509 e. The predicted octanol–water partition coefficient (Wildman–Crippen LogP) is 11.0. The first-order chi connectivity index (χ1) is 23.4. The van der Waals surface area contributed by atoms with Crippen LogP contribution in [0, 0.1) is 18.8 Å². The molecular formula is C42H31N4O2Pt-3. The van der Waals surface area contributed by atoms with Gasteiger partial charge in [0.1, 0.15) is 11.4 Å². The minimum atomic E-state index is -0.128. The summed E-state index contributed by atoms with van der Waals surface area (Å²) in [6.07, 6.45) is 3.53. The Morgan fingerprint density at radius 2 is 1.49 bits per heavy atom. The molecule has 0 unspecified atom stereocenters. The Balaban J connectivity index is 0.00000348. The van der Waals surface area contributed by atoms with E-state index in [2.05, 4.69) is 139 Å². The number of pyridine rings is 1. The Kier molecular flexibility index (Phi) is 7.57. The second-order valence-corrected chi connectivity index (χ2v) is 13.1. The van der Waals surface area contributed by atoms with Crippen LogP contribution >= 0.6 is 0 Å². The SMILES string of the molecule is CC(C)(C)c1cc(Oc2[c-]c3c(cc2)c2ccccc2n3-c2cc3occc3cn2)[c-]c(N2[CH-]N(c3ccccc3)c3ccccc32)c1.[Pt]. The third kappa shape index (κ3) is 5.37. The summed E-state index contributed by atoms with van der Waals surface area (Å²) in [4.78, 5) is 9.20. The molecule has 0 N–H and O–H groups in total. The zero-order valence-electron chi connectivity index (χ0n) is 27.1. The Hall–Kier alpha value is -5.32. The number of para-hydroxylation sites is 4. The summed E-state index contributed by atoms with van der Waals surface area (Å²) in [5.41, 5.74) is 7.88. The van der Waals surface area contributed by atoms with Crippen LogP contribution in [0.3, 0.4) is 0 Å². The van der Waals surface area contributed by atoms with Gasteiger partial charge in [-0.05, 0) is 47.2 Å². The monoisotopic (exact) mass is 818 g/mol. The maximum Gasteiger partial charge on any atom is 0.139 e. The number of nitrogens with zero attached hydrogens (tertiary/aromatic N) is 4. The summed E-state index contributed by atoms with van der Waals surface area (Å²) in [5, 5.41) is 3.14. The zero-order valence-corrected chi connectivity index (χ0v) is 29.4. The van der Waals surface area contributed by atoms with Crippen molar-refractivity contribution in [1.82, 2.24) is 9.55 Å². The Morgan fingerprint density at radius 1 is 0.735 bits per heavy atom. The van der Waals surface area contributed by atoms with Crippen molar-refractivity contribution in [1.29, 1.82) is 0 Å². The third-order valence-corrected chi connectivity index (χ3v) is 8.95. The van der Waals surface area contributed by atoms with Gasteiger partial charge >= 0.3 is 0 Å². The van der Waals surface area contributed by atoms with Crippen molar-refractivity contribution >= 4 is 55.5 Å². The van der Waals surface area contributed by atoms with Crippen molar-refractivity contribution in [3.63, 3.8) is 0 Å². The number of fused-ring (bicyclic) bond motifs is 5. The number of hydrogen-bond donors (Lipinski definition) is 0. The first-order valence-corrected chi connectivity index (χ1v) is 16.0. The van der Waals surface area contributed by atoms with Crippen molar-refractivity contribution in [3.05, 3.63) is 152 Å². The molecular weight excluding hydrogens is 788 g/mol. The first-order valence-electron chi connectivity index (χ1n) is 16.0. The first kappa shape index (κ1) is 31.0. The molecule has 0 fully saturated rings. The average Bonchev–Trinajstić information content (AvgIpc) is 3.82. The Labute approximate surface area is 299 Å². The molecule has 244 valence electrons. The van der Waals surface area contributed by atoms with Crippen molar-refractivity contribution < 1.29 is 30.2 Å². The van der Waals surface area contributed by atoms with E-state index in [1.165, 1.54) is 0 Å².